The van der Waals surface area contributed by atoms with Crippen LogP contribution in [0.5, 0.6) is 0 Å². The summed E-state index contributed by atoms with van der Waals surface area (Å²) in [4.78, 5) is 30.1. The van der Waals surface area contributed by atoms with E-state index in [-0.39, 0.29) is 25.0 Å². The summed E-state index contributed by atoms with van der Waals surface area (Å²) in [6, 6.07) is 6.86. The van der Waals surface area contributed by atoms with Gasteiger partial charge in [0.15, 0.2) is 0 Å². The first kappa shape index (κ1) is 19.9. The number of carbonyl (C=O) groups is 2. The maximum absolute atomic E-state index is 11.9. The van der Waals surface area contributed by atoms with E-state index < -0.39 is 6.09 Å². The van der Waals surface area contributed by atoms with Gasteiger partial charge < -0.3 is 19.2 Å². The van der Waals surface area contributed by atoms with Crippen LogP contribution in [0.3, 0.4) is 0 Å². The molecule has 0 spiro atoms. The molecule has 0 saturated heterocycles. The zero-order chi connectivity index (χ0) is 17.9. The molecule has 24 heavy (non-hydrogen) atoms. The van der Waals surface area contributed by atoms with E-state index in [1.807, 2.05) is 19.0 Å². The van der Waals surface area contributed by atoms with Crippen LogP contribution in [-0.4, -0.2) is 64.5 Å². The van der Waals surface area contributed by atoms with Crippen LogP contribution in [0.25, 0.3) is 0 Å². The van der Waals surface area contributed by atoms with Crippen LogP contribution >= 0.6 is 0 Å². The molecular weight excluding hydrogens is 314 g/mol. The standard InChI is InChI=1S/C16H25N3O5/c1-17-24-11-14(19(2)3)10-23-15(20)9-12-5-7-13(8-6-12)18-16(21)22-4/h5-8,14,17H,9-11H2,1-4H3,(H,18,21)/t14-/m1/s1. The summed E-state index contributed by atoms with van der Waals surface area (Å²) in [5.74, 6) is -0.319. The minimum absolute atomic E-state index is 0.0342. The van der Waals surface area contributed by atoms with Crippen LogP contribution in [0.4, 0.5) is 10.5 Å². The fourth-order valence-corrected chi connectivity index (χ4v) is 1.81. The second-order valence-corrected chi connectivity index (χ2v) is 5.31. The van der Waals surface area contributed by atoms with Gasteiger partial charge in [-0.2, -0.15) is 0 Å². The lowest BCUT2D eigenvalue weighted by Gasteiger charge is -2.23. The number of likely N-dealkylation sites (N-methyl/N-ethyl adjacent to an activating group) is 1. The molecule has 1 amide bonds. The summed E-state index contributed by atoms with van der Waals surface area (Å²) < 4.78 is 9.81. The Morgan fingerprint density at radius 1 is 1.17 bits per heavy atom. The first-order valence-electron chi connectivity index (χ1n) is 7.50. The van der Waals surface area contributed by atoms with Crippen molar-refractivity contribution in [1.82, 2.24) is 10.4 Å². The second kappa shape index (κ2) is 10.6. The van der Waals surface area contributed by atoms with Crippen molar-refractivity contribution in [2.24, 2.45) is 0 Å². The highest BCUT2D eigenvalue weighted by Crippen LogP contribution is 2.11. The van der Waals surface area contributed by atoms with E-state index in [1.54, 1.807) is 31.3 Å². The number of ether oxygens (including phenoxy) is 2. The molecule has 0 aliphatic rings. The number of esters is 1. The van der Waals surface area contributed by atoms with Gasteiger partial charge in [0.05, 0.1) is 26.2 Å². The fraction of sp³-hybridized carbons (Fsp3) is 0.500. The minimum Gasteiger partial charge on any atom is -0.464 e. The maximum atomic E-state index is 11.9. The molecule has 1 atom stereocenters. The molecule has 1 aromatic carbocycles. The summed E-state index contributed by atoms with van der Waals surface area (Å²) in [5, 5.41) is 2.54. The molecule has 0 heterocycles. The first-order valence-corrected chi connectivity index (χ1v) is 7.50. The maximum Gasteiger partial charge on any atom is 0.411 e. The van der Waals surface area contributed by atoms with E-state index in [9.17, 15) is 9.59 Å². The lowest BCUT2D eigenvalue weighted by Crippen LogP contribution is -2.38. The Hall–Kier alpha value is -2.16. The summed E-state index contributed by atoms with van der Waals surface area (Å²) in [5.41, 5.74) is 3.99. The number of hydrogen-bond acceptors (Lipinski definition) is 7. The number of benzene rings is 1. The van der Waals surface area contributed by atoms with Gasteiger partial charge in [-0.15, -0.1) is 0 Å². The van der Waals surface area contributed by atoms with E-state index in [1.165, 1.54) is 7.11 Å². The molecule has 0 aliphatic heterocycles. The number of nitrogens with one attached hydrogen (secondary N) is 2. The third-order valence-corrected chi connectivity index (χ3v) is 3.32. The minimum atomic E-state index is -0.541. The number of hydroxylamine groups is 1. The van der Waals surface area contributed by atoms with Crippen molar-refractivity contribution in [3.8, 4) is 0 Å². The van der Waals surface area contributed by atoms with Gasteiger partial charge in [-0.25, -0.2) is 10.3 Å². The largest absolute Gasteiger partial charge is 0.464 e. The Kier molecular flexibility index (Phi) is 8.77. The Balaban J connectivity index is 2.45. The lowest BCUT2D eigenvalue weighted by atomic mass is 10.1. The van der Waals surface area contributed by atoms with Crippen molar-refractivity contribution >= 4 is 17.7 Å². The van der Waals surface area contributed by atoms with Crippen molar-refractivity contribution in [2.45, 2.75) is 12.5 Å². The number of nitrogens with zero attached hydrogens (tertiary/aromatic N) is 1. The quantitative estimate of drug-likeness (QED) is 0.513. The zero-order valence-electron chi connectivity index (χ0n) is 14.5. The zero-order valence-corrected chi connectivity index (χ0v) is 14.5. The molecule has 0 bridgehead atoms. The number of anilines is 1. The molecule has 1 rings (SSSR count). The predicted octanol–water partition coefficient (Wildman–Crippen LogP) is 1.03. The Morgan fingerprint density at radius 3 is 2.38 bits per heavy atom. The van der Waals surface area contributed by atoms with Crippen molar-refractivity contribution in [3.05, 3.63) is 29.8 Å². The molecule has 0 aromatic heterocycles. The Morgan fingerprint density at radius 2 is 1.83 bits per heavy atom. The van der Waals surface area contributed by atoms with Gasteiger partial charge in [0, 0.05) is 12.7 Å². The van der Waals surface area contributed by atoms with Crippen molar-refractivity contribution < 1.29 is 23.9 Å². The van der Waals surface area contributed by atoms with Crippen LogP contribution in [0.15, 0.2) is 24.3 Å². The number of methoxy groups -OCH3 is 1. The molecule has 1 aromatic rings. The summed E-state index contributed by atoms with van der Waals surface area (Å²) in [6.07, 6.45) is -0.383. The smallest absolute Gasteiger partial charge is 0.411 e. The molecule has 0 radical (unpaired) electrons. The van der Waals surface area contributed by atoms with Gasteiger partial charge in [-0.05, 0) is 31.8 Å². The van der Waals surface area contributed by atoms with E-state index in [2.05, 4.69) is 15.5 Å². The van der Waals surface area contributed by atoms with Crippen molar-refractivity contribution in [3.63, 3.8) is 0 Å². The average Bonchev–Trinajstić information content (AvgIpc) is 2.56. The first-order chi connectivity index (χ1) is 11.5. The van der Waals surface area contributed by atoms with Crippen molar-refractivity contribution in [1.29, 1.82) is 0 Å². The van der Waals surface area contributed by atoms with Crippen molar-refractivity contribution in [2.75, 3.05) is 46.8 Å². The number of rotatable bonds is 9. The van der Waals surface area contributed by atoms with E-state index in [0.717, 1.165) is 5.56 Å². The third kappa shape index (κ3) is 7.40. The molecule has 8 heteroatoms. The van der Waals surface area contributed by atoms with Crippen LogP contribution in [0.1, 0.15) is 5.56 Å². The fourth-order valence-electron chi connectivity index (χ4n) is 1.81. The molecule has 0 fully saturated rings. The van der Waals surface area contributed by atoms with Gasteiger partial charge in [-0.1, -0.05) is 12.1 Å². The summed E-state index contributed by atoms with van der Waals surface area (Å²) >= 11 is 0. The number of amides is 1. The Bertz CT molecular complexity index is 519. The predicted molar refractivity (Wildman–Crippen MR) is 89.6 cm³/mol. The highest BCUT2D eigenvalue weighted by molar-refractivity contribution is 5.84. The van der Waals surface area contributed by atoms with Gasteiger partial charge in [0.25, 0.3) is 0 Å². The Labute approximate surface area is 142 Å². The molecule has 8 nitrogen and oxygen atoms in total. The van der Waals surface area contributed by atoms with E-state index in [0.29, 0.717) is 12.3 Å². The topological polar surface area (TPSA) is 89.1 Å². The molecule has 0 aliphatic carbocycles. The normalized spacial score (nSPS) is 11.9. The lowest BCUT2D eigenvalue weighted by molar-refractivity contribution is -0.145. The molecule has 0 unspecified atom stereocenters. The molecule has 134 valence electrons. The monoisotopic (exact) mass is 339 g/mol. The summed E-state index contributed by atoms with van der Waals surface area (Å²) in [7, 11) is 6.76. The second-order valence-electron chi connectivity index (χ2n) is 5.31. The highest BCUT2D eigenvalue weighted by atomic mass is 16.6. The molecule has 2 N–H and O–H groups in total. The summed E-state index contributed by atoms with van der Waals surface area (Å²) in [6.45, 7) is 0.653. The highest BCUT2D eigenvalue weighted by Gasteiger charge is 2.15. The molecule has 0 saturated carbocycles. The van der Waals surface area contributed by atoms with Gasteiger partial charge in [-0.3, -0.25) is 10.1 Å². The van der Waals surface area contributed by atoms with Gasteiger partial charge in [0.2, 0.25) is 0 Å². The van der Waals surface area contributed by atoms with Gasteiger partial charge >= 0.3 is 12.1 Å². The van der Waals surface area contributed by atoms with Crippen LogP contribution in [-0.2, 0) is 25.5 Å². The van der Waals surface area contributed by atoms with Crippen LogP contribution in [0.2, 0.25) is 0 Å². The SMILES string of the molecule is CNOC[C@@H](COC(=O)Cc1ccc(NC(=O)OC)cc1)N(C)C. The van der Waals surface area contributed by atoms with Crippen LogP contribution in [0, 0.1) is 0 Å². The third-order valence-electron chi connectivity index (χ3n) is 3.32. The van der Waals surface area contributed by atoms with Crippen LogP contribution < -0.4 is 10.8 Å². The number of hydrogen-bond donors (Lipinski definition) is 2. The number of carbonyl (C=O) groups excluding carboxylic acids is 2. The van der Waals surface area contributed by atoms with E-state index >= 15 is 0 Å². The van der Waals surface area contributed by atoms with E-state index in [4.69, 9.17) is 9.57 Å². The van der Waals surface area contributed by atoms with Gasteiger partial charge in [0.1, 0.15) is 6.61 Å². The molecular formula is C16H25N3O5. The average molecular weight is 339 g/mol.